The molecule has 0 spiro atoms. The number of fused-ring (bicyclic) bond motifs is 1. The quantitative estimate of drug-likeness (QED) is 0.758. The zero-order valence-electron chi connectivity index (χ0n) is 9.37. The SMILES string of the molecule is O=C(O)CNC(=O)Cc1c[nH]c2c(F)cccc12. The molecule has 6 heteroatoms. The Morgan fingerprint density at radius 2 is 2.17 bits per heavy atom. The lowest BCUT2D eigenvalue weighted by Crippen LogP contribution is -2.30. The first kappa shape index (κ1) is 12.1. The largest absolute Gasteiger partial charge is 0.480 e. The third-order valence-corrected chi connectivity index (χ3v) is 2.54. The van der Waals surface area contributed by atoms with Crippen molar-refractivity contribution in [3.63, 3.8) is 0 Å². The Labute approximate surface area is 102 Å². The Bertz CT molecular complexity index is 606. The number of halogens is 1. The number of carbonyl (C=O) groups excluding carboxylic acids is 1. The predicted octanol–water partition coefficient (Wildman–Crippen LogP) is 1.05. The molecule has 1 heterocycles. The van der Waals surface area contributed by atoms with Crippen LogP contribution in [0.5, 0.6) is 0 Å². The summed E-state index contributed by atoms with van der Waals surface area (Å²) in [5, 5.41) is 11.3. The second-order valence-electron chi connectivity index (χ2n) is 3.82. The van der Waals surface area contributed by atoms with Gasteiger partial charge in [0, 0.05) is 11.6 Å². The maximum atomic E-state index is 13.4. The molecular formula is C12H11FN2O3. The van der Waals surface area contributed by atoms with Crippen LogP contribution in [0.4, 0.5) is 4.39 Å². The average molecular weight is 250 g/mol. The molecule has 0 aliphatic carbocycles. The molecule has 1 aromatic heterocycles. The molecule has 5 nitrogen and oxygen atoms in total. The number of para-hydroxylation sites is 1. The van der Waals surface area contributed by atoms with E-state index in [-0.39, 0.29) is 12.2 Å². The summed E-state index contributed by atoms with van der Waals surface area (Å²) < 4.78 is 13.4. The van der Waals surface area contributed by atoms with E-state index in [0.29, 0.717) is 16.5 Å². The van der Waals surface area contributed by atoms with Crippen molar-refractivity contribution in [3.05, 3.63) is 35.8 Å². The number of carbonyl (C=O) groups is 2. The van der Waals surface area contributed by atoms with Crippen LogP contribution in [0.15, 0.2) is 24.4 Å². The summed E-state index contributed by atoms with van der Waals surface area (Å²) in [5.74, 6) is -1.90. The Balaban J connectivity index is 2.15. The number of aliphatic carboxylic acids is 1. The van der Waals surface area contributed by atoms with Gasteiger partial charge in [-0.3, -0.25) is 9.59 Å². The highest BCUT2D eigenvalue weighted by Gasteiger charge is 2.11. The Kier molecular flexibility index (Phi) is 3.27. The number of aromatic nitrogens is 1. The zero-order chi connectivity index (χ0) is 13.1. The first-order chi connectivity index (χ1) is 8.58. The van der Waals surface area contributed by atoms with E-state index in [4.69, 9.17) is 5.11 Å². The molecule has 2 aromatic rings. The Hall–Kier alpha value is -2.37. The number of H-pyrrole nitrogens is 1. The van der Waals surface area contributed by atoms with Crippen LogP contribution in [0.2, 0.25) is 0 Å². The van der Waals surface area contributed by atoms with E-state index in [0.717, 1.165) is 0 Å². The molecule has 0 aliphatic rings. The molecule has 1 amide bonds. The molecule has 0 fully saturated rings. The minimum atomic E-state index is -1.10. The third-order valence-electron chi connectivity index (χ3n) is 2.54. The molecule has 94 valence electrons. The van der Waals surface area contributed by atoms with Crippen LogP contribution in [-0.2, 0) is 16.0 Å². The van der Waals surface area contributed by atoms with Gasteiger partial charge in [-0.05, 0) is 11.6 Å². The molecule has 2 rings (SSSR count). The van der Waals surface area contributed by atoms with Gasteiger partial charge in [0.25, 0.3) is 0 Å². The number of carboxylic acids is 1. The molecule has 0 saturated carbocycles. The van der Waals surface area contributed by atoms with Crippen LogP contribution < -0.4 is 5.32 Å². The van der Waals surface area contributed by atoms with Crippen molar-refractivity contribution in [3.8, 4) is 0 Å². The van der Waals surface area contributed by atoms with E-state index < -0.39 is 18.4 Å². The Morgan fingerprint density at radius 3 is 2.89 bits per heavy atom. The number of nitrogens with one attached hydrogen (secondary N) is 2. The van der Waals surface area contributed by atoms with Crippen molar-refractivity contribution in [2.75, 3.05) is 6.54 Å². The third kappa shape index (κ3) is 2.48. The monoisotopic (exact) mass is 250 g/mol. The minimum Gasteiger partial charge on any atom is -0.480 e. The maximum absolute atomic E-state index is 13.4. The Morgan fingerprint density at radius 1 is 1.39 bits per heavy atom. The van der Waals surface area contributed by atoms with E-state index in [9.17, 15) is 14.0 Å². The summed E-state index contributed by atoms with van der Waals surface area (Å²) in [6, 6.07) is 4.59. The topological polar surface area (TPSA) is 82.2 Å². The minimum absolute atomic E-state index is 0.0106. The van der Waals surface area contributed by atoms with Gasteiger partial charge < -0.3 is 15.4 Å². The average Bonchev–Trinajstić information content (AvgIpc) is 2.72. The van der Waals surface area contributed by atoms with Crippen LogP contribution in [-0.4, -0.2) is 28.5 Å². The summed E-state index contributed by atoms with van der Waals surface area (Å²) in [7, 11) is 0. The maximum Gasteiger partial charge on any atom is 0.322 e. The second kappa shape index (κ2) is 4.87. The number of benzene rings is 1. The van der Waals surface area contributed by atoms with E-state index in [2.05, 4.69) is 10.3 Å². The smallest absolute Gasteiger partial charge is 0.322 e. The van der Waals surface area contributed by atoms with Crippen molar-refractivity contribution in [1.29, 1.82) is 0 Å². The fourth-order valence-corrected chi connectivity index (χ4v) is 1.73. The van der Waals surface area contributed by atoms with Crippen molar-refractivity contribution in [2.45, 2.75) is 6.42 Å². The van der Waals surface area contributed by atoms with Crippen molar-refractivity contribution in [1.82, 2.24) is 10.3 Å². The van der Waals surface area contributed by atoms with E-state index in [1.54, 1.807) is 18.3 Å². The first-order valence-corrected chi connectivity index (χ1v) is 5.31. The van der Waals surface area contributed by atoms with Gasteiger partial charge in [0.15, 0.2) is 0 Å². The number of amides is 1. The molecule has 3 N–H and O–H groups in total. The van der Waals surface area contributed by atoms with Gasteiger partial charge in [0.2, 0.25) is 5.91 Å². The molecule has 0 bridgehead atoms. The predicted molar refractivity (Wildman–Crippen MR) is 62.6 cm³/mol. The highest BCUT2D eigenvalue weighted by Crippen LogP contribution is 2.20. The van der Waals surface area contributed by atoms with Crippen molar-refractivity contribution < 1.29 is 19.1 Å². The van der Waals surface area contributed by atoms with Gasteiger partial charge in [0.1, 0.15) is 12.4 Å². The van der Waals surface area contributed by atoms with E-state index in [1.807, 2.05) is 0 Å². The summed E-state index contributed by atoms with van der Waals surface area (Å²) >= 11 is 0. The molecular weight excluding hydrogens is 239 g/mol. The van der Waals surface area contributed by atoms with Gasteiger partial charge >= 0.3 is 5.97 Å². The molecule has 18 heavy (non-hydrogen) atoms. The lowest BCUT2D eigenvalue weighted by molar-refractivity contribution is -0.137. The lowest BCUT2D eigenvalue weighted by Gasteiger charge is -2.01. The molecule has 1 aromatic carbocycles. The molecule has 0 unspecified atom stereocenters. The number of rotatable bonds is 4. The normalized spacial score (nSPS) is 10.5. The van der Waals surface area contributed by atoms with E-state index in [1.165, 1.54) is 6.07 Å². The summed E-state index contributed by atoms with van der Waals surface area (Å²) in [6.07, 6.45) is 1.56. The molecule has 0 atom stereocenters. The lowest BCUT2D eigenvalue weighted by atomic mass is 10.1. The van der Waals surface area contributed by atoms with Gasteiger partial charge in [-0.15, -0.1) is 0 Å². The van der Waals surface area contributed by atoms with Gasteiger partial charge in [-0.2, -0.15) is 0 Å². The van der Waals surface area contributed by atoms with Crippen LogP contribution in [0, 0.1) is 5.82 Å². The first-order valence-electron chi connectivity index (χ1n) is 5.31. The van der Waals surface area contributed by atoms with Crippen LogP contribution >= 0.6 is 0 Å². The molecule has 0 saturated heterocycles. The fourth-order valence-electron chi connectivity index (χ4n) is 1.73. The highest BCUT2D eigenvalue weighted by atomic mass is 19.1. The van der Waals surface area contributed by atoms with Crippen molar-refractivity contribution in [2.24, 2.45) is 0 Å². The fraction of sp³-hybridized carbons (Fsp3) is 0.167. The summed E-state index contributed by atoms with van der Waals surface area (Å²) in [5.41, 5.74) is 0.978. The summed E-state index contributed by atoms with van der Waals surface area (Å²) in [4.78, 5) is 24.5. The van der Waals surface area contributed by atoms with Gasteiger partial charge in [0.05, 0.1) is 11.9 Å². The van der Waals surface area contributed by atoms with Gasteiger partial charge in [-0.1, -0.05) is 12.1 Å². The van der Waals surface area contributed by atoms with E-state index >= 15 is 0 Å². The second-order valence-corrected chi connectivity index (χ2v) is 3.82. The number of carboxylic acid groups (broad SMARTS) is 1. The van der Waals surface area contributed by atoms with Crippen molar-refractivity contribution >= 4 is 22.8 Å². The summed E-state index contributed by atoms with van der Waals surface area (Å²) in [6.45, 7) is -0.421. The number of aromatic amines is 1. The van der Waals surface area contributed by atoms with Crippen LogP contribution in [0.1, 0.15) is 5.56 Å². The number of hydrogen-bond acceptors (Lipinski definition) is 2. The van der Waals surface area contributed by atoms with Crippen LogP contribution in [0.25, 0.3) is 10.9 Å². The van der Waals surface area contributed by atoms with Gasteiger partial charge in [-0.25, -0.2) is 4.39 Å². The standard InChI is InChI=1S/C12H11FN2O3/c13-9-3-1-2-8-7(5-15-12(8)9)4-10(16)14-6-11(17)18/h1-3,5,15H,4,6H2,(H,14,16)(H,17,18). The molecule has 0 aliphatic heterocycles. The number of hydrogen-bond donors (Lipinski definition) is 3. The molecule has 0 radical (unpaired) electrons. The highest BCUT2D eigenvalue weighted by molar-refractivity contribution is 5.90. The zero-order valence-corrected chi connectivity index (χ0v) is 9.37. The van der Waals surface area contributed by atoms with Crippen LogP contribution in [0.3, 0.4) is 0 Å².